The summed E-state index contributed by atoms with van der Waals surface area (Å²) in [5.74, 6) is 0.368. The summed E-state index contributed by atoms with van der Waals surface area (Å²) in [6, 6.07) is 2.31. The van der Waals surface area contributed by atoms with Gasteiger partial charge in [0.15, 0.2) is 16.6 Å². The van der Waals surface area contributed by atoms with Crippen LogP contribution in [0.25, 0.3) is 0 Å². The minimum atomic E-state index is -2.31. The Balaban J connectivity index is 0. The average Bonchev–Trinajstić information content (AvgIpc) is 2.62. The summed E-state index contributed by atoms with van der Waals surface area (Å²) >= 11 is 0. The highest BCUT2D eigenvalue weighted by atomic mass is 127. The molecule has 0 rings (SSSR count). The molecule has 0 aromatic heterocycles. The molecule has 0 aromatic rings. The Morgan fingerprint density at radius 1 is 0.812 bits per heavy atom. The summed E-state index contributed by atoms with van der Waals surface area (Å²) in [6.07, 6.45) is 6.43. The largest absolute Gasteiger partial charge is 0.455 e. The van der Waals surface area contributed by atoms with Crippen molar-refractivity contribution in [2.45, 2.75) is 108 Å². The molecule has 0 N–H and O–H groups in total. The molecule has 0 aliphatic heterocycles. The second-order valence-electron chi connectivity index (χ2n) is 11.1. The highest BCUT2D eigenvalue weighted by Gasteiger charge is 2.42. The number of nitrogens with zero attached hydrogens (tertiary/aromatic N) is 1. The second-order valence-corrected chi connectivity index (χ2v) is 25.4. The number of halogens is 1. The van der Waals surface area contributed by atoms with E-state index >= 15 is 0 Å². The molecule has 0 spiro atoms. The lowest BCUT2D eigenvalue weighted by Crippen LogP contribution is -2.50. The van der Waals surface area contributed by atoms with Crippen LogP contribution in [0.3, 0.4) is 0 Å². The molecule has 0 atom stereocenters. The lowest BCUT2D eigenvalue weighted by Gasteiger charge is -2.37. The Bertz CT molecular complexity index is 559. The van der Waals surface area contributed by atoms with Gasteiger partial charge in [-0.1, -0.05) is 20.3 Å². The molecular formula is C22H51INO4Si4+. The van der Waals surface area contributed by atoms with Crippen molar-refractivity contribution in [3.8, 4) is 0 Å². The monoisotopic (exact) mass is 632 g/mol. The summed E-state index contributed by atoms with van der Waals surface area (Å²) < 4.78 is 32.9. The van der Waals surface area contributed by atoms with Crippen LogP contribution in [0, 0.1) is 0 Å². The van der Waals surface area contributed by atoms with Crippen LogP contribution in [0.1, 0.15) is 58.8 Å². The third-order valence-electron chi connectivity index (χ3n) is 5.47. The van der Waals surface area contributed by atoms with E-state index in [2.05, 4.69) is 40.8 Å². The van der Waals surface area contributed by atoms with Crippen molar-refractivity contribution in [3.63, 3.8) is 0 Å². The number of quaternary nitrogens is 1. The molecule has 0 heterocycles. The van der Waals surface area contributed by atoms with Gasteiger partial charge < -0.3 is 17.5 Å². The van der Waals surface area contributed by atoms with E-state index in [4.69, 9.17) is 4.12 Å². The molecule has 0 aliphatic rings. The van der Waals surface area contributed by atoms with Gasteiger partial charge >= 0.3 is 0 Å². The highest BCUT2D eigenvalue weighted by Crippen LogP contribution is 2.30. The Kier molecular flexibility index (Phi) is 18.8. The van der Waals surface area contributed by atoms with Gasteiger partial charge in [-0.3, -0.25) is 4.79 Å². The first-order valence-corrected chi connectivity index (χ1v) is 21.9. The third-order valence-corrected chi connectivity index (χ3v) is 20.8. The molecule has 190 valence electrons. The number of rotatable bonds is 19. The molecule has 0 amide bonds. The maximum Gasteiger partial charge on any atom is 0.275 e. The third kappa shape index (κ3) is 19.1. The summed E-state index contributed by atoms with van der Waals surface area (Å²) in [6.45, 7) is 11.7. The fourth-order valence-electron chi connectivity index (χ4n) is 3.96. The molecule has 0 saturated heterocycles. The van der Waals surface area contributed by atoms with Crippen molar-refractivity contribution < 1.29 is 22.3 Å². The highest BCUT2D eigenvalue weighted by molar-refractivity contribution is 14.0. The van der Waals surface area contributed by atoms with Crippen LogP contribution in [0.15, 0.2) is 0 Å². The van der Waals surface area contributed by atoms with Crippen molar-refractivity contribution in [3.05, 3.63) is 0 Å². The predicted molar refractivity (Wildman–Crippen MR) is 154 cm³/mol. The normalized spacial score (nSPS) is 12.4. The second kappa shape index (κ2) is 17.3. The van der Waals surface area contributed by atoms with Crippen LogP contribution < -0.4 is 0 Å². The topological polar surface area (TPSA) is 60.4 Å². The number of carbonyl (C=O) groups is 1. The smallest absolute Gasteiger partial charge is 0.275 e. The van der Waals surface area contributed by atoms with E-state index in [1.807, 2.05) is 13.8 Å². The van der Waals surface area contributed by atoms with Gasteiger partial charge in [0.1, 0.15) is 5.78 Å². The average molecular weight is 633 g/mol. The van der Waals surface area contributed by atoms with E-state index < -0.39 is 34.0 Å². The Morgan fingerprint density at radius 2 is 1.28 bits per heavy atom. The number of ketones is 1. The summed E-state index contributed by atoms with van der Waals surface area (Å²) in [4.78, 5) is 12.3. The van der Waals surface area contributed by atoms with Crippen molar-refractivity contribution in [2.75, 3.05) is 27.7 Å². The van der Waals surface area contributed by atoms with Crippen molar-refractivity contribution in [1.29, 1.82) is 0 Å². The minimum absolute atomic E-state index is 0. The van der Waals surface area contributed by atoms with E-state index in [0.717, 1.165) is 42.8 Å². The Hall–Kier alpha value is 0.788. The number of carbonyl (C=O) groups excluding carboxylic acids is 1. The van der Waals surface area contributed by atoms with Crippen molar-refractivity contribution >= 4 is 63.8 Å². The zero-order valence-electron chi connectivity index (χ0n) is 22.2. The summed E-state index contributed by atoms with van der Waals surface area (Å²) in [7, 11) is -0.869. The van der Waals surface area contributed by atoms with Gasteiger partial charge in [-0.2, -0.15) is 0 Å². The maximum absolute atomic E-state index is 12.6. The molecule has 0 bridgehead atoms. The minimum Gasteiger partial charge on any atom is -0.455 e. The molecule has 0 radical (unpaired) electrons. The van der Waals surface area contributed by atoms with Crippen molar-refractivity contribution in [1.82, 2.24) is 0 Å². The van der Waals surface area contributed by atoms with Gasteiger partial charge in [-0.15, -0.1) is 24.0 Å². The number of Topliss-reactive ketones (excluding diaryl/α,β-unsaturated/α-hetero) is 1. The van der Waals surface area contributed by atoms with Crippen LogP contribution in [0.2, 0.25) is 49.1 Å². The zero-order valence-corrected chi connectivity index (χ0v) is 28.5. The molecule has 0 aromatic carbocycles. The van der Waals surface area contributed by atoms with Gasteiger partial charge in [0.25, 0.3) is 17.4 Å². The fourth-order valence-corrected chi connectivity index (χ4v) is 23.1. The molecule has 5 nitrogen and oxygen atoms in total. The summed E-state index contributed by atoms with van der Waals surface area (Å²) in [5, 5.41) is 0. The van der Waals surface area contributed by atoms with E-state index in [-0.39, 0.29) is 24.0 Å². The molecule has 32 heavy (non-hydrogen) atoms. The van der Waals surface area contributed by atoms with Gasteiger partial charge in [-0.05, 0) is 63.5 Å². The standard InChI is InChI=1S/C22H50NO4Si4.HI/c1-9-28(25)20-31(21-29(26)10-2,27-30(6,7)8)19-15-13-17-22(24)16-12-11-14-18-23(3,4)5;/h9-21H2,1-8H3;1H/q+1;. The zero-order chi connectivity index (χ0) is 24.1. The summed E-state index contributed by atoms with van der Waals surface area (Å²) in [5.41, 5.74) is 1.35. The quantitative estimate of drug-likeness (QED) is 0.0719. The molecule has 0 saturated carbocycles. The van der Waals surface area contributed by atoms with Crippen LogP contribution in [-0.4, -0.2) is 72.0 Å². The van der Waals surface area contributed by atoms with Crippen LogP contribution in [0.5, 0.6) is 0 Å². The number of hydrogen-bond acceptors (Lipinski definition) is 4. The van der Waals surface area contributed by atoms with Crippen LogP contribution >= 0.6 is 24.0 Å². The van der Waals surface area contributed by atoms with Gasteiger partial charge in [-0.25, -0.2) is 0 Å². The fraction of sp³-hybridized carbons (Fsp3) is 0.955. The maximum atomic E-state index is 12.6. The van der Waals surface area contributed by atoms with E-state index in [9.17, 15) is 13.7 Å². The van der Waals surface area contributed by atoms with E-state index in [1.54, 1.807) is 0 Å². The molecule has 10 heteroatoms. The van der Waals surface area contributed by atoms with Crippen LogP contribution in [-0.2, 0) is 17.8 Å². The van der Waals surface area contributed by atoms with Gasteiger partial charge in [0.2, 0.25) is 0 Å². The van der Waals surface area contributed by atoms with Gasteiger partial charge in [0, 0.05) is 24.2 Å². The van der Waals surface area contributed by atoms with Gasteiger partial charge in [0.05, 0.1) is 27.7 Å². The predicted octanol–water partition coefficient (Wildman–Crippen LogP) is 6.37. The van der Waals surface area contributed by atoms with Crippen LogP contribution in [0.4, 0.5) is 0 Å². The van der Waals surface area contributed by atoms with Crippen molar-refractivity contribution in [2.24, 2.45) is 0 Å². The molecular weight excluding hydrogens is 581 g/mol. The number of hydrogen-bond donors (Lipinski definition) is 0. The first-order valence-electron chi connectivity index (χ1n) is 12.3. The van der Waals surface area contributed by atoms with E-state index in [1.165, 1.54) is 6.42 Å². The first-order chi connectivity index (χ1) is 14.2. The molecule has 0 unspecified atom stereocenters. The Labute approximate surface area is 220 Å². The molecule has 0 aliphatic carbocycles. The van der Waals surface area contributed by atoms with E-state index in [0.29, 0.717) is 42.0 Å². The lowest BCUT2D eigenvalue weighted by atomic mass is 10.1. The first kappa shape index (κ1) is 35.0. The molecule has 0 fully saturated rings. The SMILES string of the molecule is CC[Si](=O)C[Si](CCCCC(=O)CCCCC[N+](C)(C)C)(C[Si](=O)CC)O[Si](C)(C)C.I. The Morgan fingerprint density at radius 3 is 1.69 bits per heavy atom. The lowest BCUT2D eigenvalue weighted by molar-refractivity contribution is -0.870. The number of unbranched alkanes of at least 4 members (excludes halogenated alkanes) is 3.